The van der Waals surface area contributed by atoms with Crippen molar-refractivity contribution in [2.75, 3.05) is 32.8 Å². The molecule has 2 heterocycles. The second-order valence-electron chi connectivity index (χ2n) is 5.40. The Kier molecular flexibility index (Phi) is 4.07. The van der Waals surface area contributed by atoms with Crippen molar-refractivity contribution in [1.82, 2.24) is 10.0 Å². The Morgan fingerprint density at radius 1 is 1.41 bits per heavy atom. The first-order valence-electron chi connectivity index (χ1n) is 6.29. The van der Waals surface area contributed by atoms with Crippen molar-refractivity contribution >= 4 is 10.0 Å². The summed E-state index contributed by atoms with van der Waals surface area (Å²) in [5.74, 6) is 0. The zero-order chi connectivity index (χ0) is 12.4. The smallest absolute Gasteiger partial charge is 0.215 e. The van der Waals surface area contributed by atoms with Crippen LogP contribution in [0, 0.1) is 5.41 Å². The highest BCUT2D eigenvalue weighted by atomic mass is 32.2. The predicted molar refractivity (Wildman–Crippen MR) is 66.4 cm³/mol. The lowest BCUT2D eigenvalue weighted by molar-refractivity contribution is 0.0264. The number of hydrogen-bond acceptors (Lipinski definition) is 4. The second-order valence-corrected chi connectivity index (χ2v) is 7.45. The van der Waals surface area contributed by atoms with E-state index in [9.17, 15) is 8.42 Å². The quantitative estimate of drug-likeness (QED) is 0.753. The van der Waals surface area contributed by atoms with Crippen molar-refractivity contribution < 1.29 is 13.2 Å². The van der Waals surface area contributed by atoms with Gasteiger partial charge in [0.15, 0.2) is 0 Å². The fraction of sp³-hybridized carbons (Fsp3) is 1.00. The lowest BCUT2D eigenvalue weighted by atomic mass is 9.83. The van der Waals surface area contributed by atoms with E-state index in [-0.39, 0.29) is 10.7 Å². The lowest BCUT2D eigenvalue weighted by Crippen LogP contribution is -2.43. The van der Waals surface area contributed by atoms with Gasteiger partial charge in [0.05, 0.1) is 5.25 Å². The van der Waals surface area contributed by atoms with E-state index >= 15 is 0 Å². The van der Waals surface area contributed by atoms with Crippen LogP contribution < -0.4 is 10.0 Å². The van der Waals surface area contributed by atoms with Crippen LogP contribution in [-0.2, 0) is 14.8 Å². The van der Waals surface area contributed by atoms with Crippen LogP contribution in [0.2, 0.25) is 0 Å². The van der Waals surface area contributed by atoms with Crippen LogP contribution in [0.3, 0.4) is 0 Å². The van der Waals surface area contributed by atoms with Gasteiger partial charge in [0.1, 0.15) is 0 Å². The molecule has 1 atom stereocenters. The van der Waals surface area contributed by atoms with Crippen molar-refractivity contribution in [3.63, 3.8) is 0 Å². The molecule has 17 heavy (non-hydrogen) atoms. The van der Waals surface area contributed by atoms with Gasteiger partial charge in [-0.25, -0.2) is 13.1 Å². The molecule has 100 valence electrons. The summed E-state index contributed by atoms with van der Waals surface area (Å²) in [4.78, 5) is 0. The first-order valence-corrected chi connectivity index (χ1v) is 7.83. The van der Waals surface area contributed by atoms with Crippen molar-refractivity contribution in [3.05, 3.63) is 0 Å². The van der Waals surface area contributed by atoms with E-state index in [1.807, 2.05) is 0 Å². The molecule has 0 saturated carbocycles. The maximum absolute atomic E-state index is 12.0. The fourth-order valence-electron chi connectivity index (χ4n) is 2.33. The SMILES string of the molecule is CC1(CNS(=O)(=O)C2CCNC2)CCOCC1. The van der Waals surface area contributed by atoms with Crippen molar-refractivity contribution in [3.8, 4) is 0 Å². The van der Waals surface area contributed by atoms with Gasteiger partial charge in [-0.1, -0.05) is 6.92 Å². The molecular formula is C11H22N2O3S. The largest absolute Gasteiger partial charge is 0.381 e. The van der Waals surface area contributed by atoms with E-state index in [1.165, 1.54) is 0 Å². The van der Waals surface area contributed by atoms with Crippen molar-refractivity contribution in [2.45, 2.75) is 31.4 Å². The Bertz CT molecular complexity index is 344. The van der Waals surface area contributed by atoms with E-state index in [0.717, 1.165) is 39.0 Å². The predicted octanol–water partition coefficient (Wildman–Crippen LogP) is 0.0844. The van der Waals surface area contributed by atoms with Crippen LogP contribution >= 0.6 is 0 Å². The number of nitrogens with one attached hydrogen (secondary N) is 2. The minimum atomic E-state index is -3.15. The number of ether oxygens (including phenoxy) is 1. The summed E-state index contributed by atoms with van der Waals surface area (Å²) in [5, 5.41) is 2.83. The molecule has 0 aromatic rings. The third-order valence-electron chi connectivity index (χ3n) is 3.85. The van der Waals surface area contributed by atoms with Crippen LogP contribution in [0.1, 0.15) is 26.2 Å². The first kappa shape index (κ1) is 13.3. The van der Waals surface area contributed by atoms with Gasteiger partial charge < -0.3 is 10.1 Å². The van der Waals surface area contributed by atoms with Crippen molar-refractivity contribution in [2.24, 2.45) is 5.41 Å². The van der Waals surface area contributed by atoms with E-state index in [0.29, 0.717) is 13.1 Å². The van der Waals surface area contributed by atoms with Gasteiger partial charge in [-0.05, 0) is 31.2 Å². The van der Waals surface area contributed by atoms with Gasteiger partial charge in [0.2, 0.25) is 10.0 Å². The molecule has 5 nitrogen and oxygen atoms in total. The Hall–Kier alpha value is -0.170. The Labute approximate surface area is 103 Å². The molecule has 2 rings (SSSR count). The summed E-state index contributed by atoms with van der Waals surface area (Å²) >= 11 is 0. The molecule has 0 bridgehead atoms. The normalized spacial score (nSPS) is 29.4. The van der Waals surface area contributed by atoms with Gasteiger partial charge >= 0.3 is 0 Å². The van der Waals surface area contributed by atoms with E-state index in [2.05, 4.69) is 17.0 Å². The summed E-state index contributed by atoms with van der Waals surface area (Å²) in [6.07, 6.45) is 2.58. The Morgan fingerprint density at radius 3 is 2.71 bits per heavy atom. The molecule has 2 aliphatic heterocycles. The molecule has 0 amide bonds. The first-order chi connectivity index (χ1) is 8.02. The molecule has 2 fully saturated rings. The van der Waals surface area contributed by atoms with Crippen LogP contribution in [0.4, 0.5) is 0 Å². The summed E-state index contributed by atoms with van der Waals surface area (Å²) in [6, 6.07) is 0. The molecule has 0 spiro atoms. The molecular weight excluding hydrogens is 240 g/mol. The number of hydrogen-bond donors (Lipinski definition) is 2. The average Bonchev–Trinajstić information content (AvgIpc) is 2.82. The van der Waals surface area contributed by atoms with Gasteiger partial charge in [0, 0.05) is 26.3 Å². The third kappa shape index (κ3) is 3.40. The molecule has 0 aliphatic carbocycles. The topological polar surface area (TPSA) is 67.4 Å². The Balaban J connectivity index is 1.88. The number of sulfonamides is 1. The van der Waals surface area contributed by atoms with Crippen molar-refractivity contribution in [1.29, 1.82) is 0 Å². The van der Waals surface area contributed by atoms with E-state index in [1.54, 1.807) is 0 Å². The maximum atomic E-state index is 12.0. The zero-order valence-electron chi connectivity index (χ0n) is 10.4. The van der Waals surface area contributed by atoms with Gasteiger partial charge in [0.25, 0.3) is 0 Å². The van der Waals surface area contributed by atoms with Crippen LogP contribution in [0.25, 0.3) is 0 Å². The molecule has 0 aromatic carbocycles. The summed E-state index contributed by atoms with van der Waals surface area (Å²) in [6.45, 7) is 5.53. The highest BCUT2D eigenvalue weighted by Gasteiger charge is 2.32. The summed E-state index contributed by atoms with van der Waals surface area (Å²) in [5.41, 5.74) is 0.0529. The maximum Gasteiger partial charge on any atom is 0.215 e. The lowest BCUT2D eigenvalue weighted by Gasteiger charge is -2.33. The van der Waals surface area contributed by atoms with Crippen LogP contribution in [0.15, 0.2) is 0 Å². The molecule has 0 aromatic heterocycles. The molecule has 2 aliphatic rings. The fourth-order valence-corrected chi connectivity index (χ4v) is 3.88. The van der Waals surface area contributed by atoms with E-state index < -0.39 is 10.0 Å². The monoisotopic (exact) mass is 262 g/mol. The molecule has 2 saturated heterocycles. The average molecular weight is 262 g/mol. The van der Waals surface area contributed by atoms with Crippen LogP contribution in [-0.4, -0.2) is 46.5 Å². The highest BCUT2D eigenvalue weighted by molar-refractivity contribution is 7.90. The van der Waals surface area contributed by atoms with Gasteiger partial charge in [-0.3, -0.25) is 0 Å². The minimum absolute atomic E-state index is 0.0529. The molecule has 2 N–H and O–H groups in total. The van der Waals surface area contributed by atoms with E-state index in [4.69, 9.17) is 4.74 Å². The summed E-state index contributed by atoms with van der Waals surface area (Å²) < 4.78 is 32.2. The molecule has 6 heteroatoms. The zero-order valence-corrected chi connectivity index (χ0v) is 11.2. The third-order valence-corrected chi connectivity index (χ3v) is 5.68. The highest BCUT2D eigenvalue weighted by Crippen LogP contribution is 2.29. The molecule has 1 unspecified atom stereocenters. The second kappa shape index (κ2) is 5.22. The molecule has 0 radical (unpaired) electrons. The number of rotatable bonds is 4. The summed E-state index contributed by atoms with van der Waals surface area (Å²) in [7, 11) is -3.15. The van der Waals surface area contributed by atoms with Crippen LogP contribution in [0.5, 0.6) is 0 Å². The van der Waals surface area contributed by atoms with Gasteiger partial charge in [-0.15, -0.1) is 0 Å². The minimum Gasteiger partial charge on any atom is -0.381 e. The Morgan fingerprint density at radius 2 is 2.12 bits per heavy atom. The van der Waals surface area contributed by atoms with Gasteiger partial charge in [-0.2, -0.15) is 0 Å². The standard InChI is InChI=1S/C11H22N2O3S/c1-11(3-6-16-7-4-11)9-13-17(14,15)10-2-5-12-8-10/h10,12-13H,2-9H2,1H3.